The molecule has 1 rings (SSSR count). The molecule has 4 heteroatoms. The second-order valence-electron chi connectivity index (χ2n) is 3.13. The van der Waals surface area contributed by atoms with Crippen LogP contribution >= 0.6 is 12.6 Å². The average molecular weight is 227 g/mol. The topological polar surface area (TPSA) is 44.5 Å². The molecule has 84 valence electrons. The van der Waals surface area contributed by atoms with Crippen molar-refractivity contribution >= 4 is 12.6 Å². The van der Waals surface area contributed by atoms with Crippen LogP contribution in [0.5, 0.6) is 11.5 Å². The summed E-state index contributed by atoms with van der Waals surface area (Å²) in [7, 11) is 1.62. The minimum Gasteiger partial charge on any atom is -0.493 e. The minimum atomic E-state index is -0.0709. The van der Waals surface area contributed by atoms with Crippen LogP contribution in [0, 0.1) is 0 Å². The van der Waals surface area contributed by atoms with E-state index in [-0.39, 0.29) is 6.04 Å². The van der Waals surface area contributed by atoms with Crippen LogP contribution in [0.15, 0.2) is 18.2 Å². The van der Waals surface area contributed by atoms with E-state index >= 15 is 0 Å². The quantitative estimate of drug-likeness (QED) is 0.756. The van der Waals surface area contributed by atoms with Gasteiger partial charge in [0, 0.05) is 11.8 Å². The lowest BCUT2D eigenvalue weighted by atomic mass is 10.1. The third kappa shape index (κ3) is 3.04. The molecule has 0 aliphatic carbocycles. The number of thiol groups is 1. The van der Waals surface area contributed by atoms with Crippen molar-refractivity contribution < 1.29 is 9.47 Å². The second kappa shape index (κ2) is 5.88. The predicted octanol–water partition coefficient (Wildman–Crippen LogP) is 2.02. The summed E-state index contributed by atoms with van der Waals surface area (Å²) < 4.78 is 10.6. The lowest BCUT2D eigenvalue weighted by molar-refractivity contribution is 0.310. The molecule has 1 atom stereocenters. The van der Waals surface area contributed by atoms with Gasteiger partial charge in [-0.05, 0) is 24.6 Å². The van der Waals surface area contributed by atoms with E-state index in [2.05, 4.69) is 12.6 Å². The molecule has 0 aliphatic rings. The second-order valence-corrected chi connectivity index (χ2v) is 3.50. The third-order valence-corrected chi connectivity index (χ3v) is 2.51. The average Bonchev–Trinajstić information content (AvgIpc) is 2.28. The van der Waals surface area contributed by atoms with Gasteiger partial charge in [-0.1, -0.05) is 6.07 Å². The molecule has 0 aliphatic heterocycles. The van der Waals surface area contributed by atoms with Gasteiger partial charge in [-0.3, -0.25) is 0 Å². The van der Waals surface area contributed by atoms with Gasteiger partial charge in [0.1, 0.15) is 0 Å². The first-order valence-corrected chi connectivity index (χ1v) is 5.53. The first-order valence-electron chi connectivity index (χ1n) is 4.90. The molecular formula is C11H17NO2S. The first-order chi connectivity index (χ1) is 7.22. The van der Waals surface area contributed by atoms with Crippen molar-refractivity contribution in [1.82, 2.24) is 0 Å². The Hall–Kier alpha value is -0.870. The predicted molar refractivity (Wildman–Crippen MR) is 64.9 cm³/mol. The number of rotatable bonds is 5. The smallest absolute Gasteiger partial charge is 0.161 e. The highest BCUT2D eigenvalue weighted by molar-refractivity contribution is 7.80. The standard InChI is InChI=1S/C11H17NO2S/c1-3-14-11-6-8(9(12)7-15)4-5-10(11)13-2/h4-6,9,15H,3,7,12H2,1-2H3/t9-/m1/s1. The van der Waals surface area contributed by atoms with Crippen LogP contribution in [0.25, 0.3) is 0 Å². The van der Waals surface area contributed by atoms with E-state index < -0.39 is 0 Å². The van der Waals surface area contributed by atoms with E-state index in [1.165, 1.54) is 0 Å². The van der Waals surface area contributed by atoms with Gasteiger partial charge in [0.2, 0.25) is 0 Å². The molecule has 15 heavy (non-hydrogen) atoms. The van der Waals surface area contributed by atoms with Gasteiger partial charge in [-0.25, -0.2) is 0 Å². The molecule has 0 radical (unpaired) electrons. The largest absolute Gasteiger partial charge is 0.493 e. The number of hydrogen-bond acceptors (Lipinski definition) is 4. The van der Waals surface area contributed by atoms with Gasteiger partial charge >= 0.3 is 0 Å². The zero-order chi connectivity index (χ0) is 11.3. The molecule has 2 N–H and O–H groups in total. The Kier molecular flexibility index (Phi) is 4.78. The Bertz CT molecular complexity index is 317. The van der Waals surface area contributed by atoms with Gasteiger partial charge in [0.05, 0.1) is 13.7 Å². The molecule has 0 heterocycles. The normalized spacial score (nSPS) is 12.3. The highest BCUT2D eigenvalue weighted by Gasteiger charge is 2.09. The molecule has 0 saturated carbocycles. The molecule has 3 nitrogen and oxygen atoms in total. The van der Waals surface area contributed by atoms with Crippen molar-refractivity contribution in [2.24, 2.45) is 5.73 Å². The van der Waals surface area contributed by atoms with Crippen LogP contribution < -0.4 is 15.2 Å². The van der Waals surface area contributed by atoms with E-state index in [9.17, 15) is 0 Å². The first kappa shape index (κ1) is 12.2. The lowest BCUT2D eigenvalue weighted by Gasteiger charge is -2.13. The van der Waals surface area contributed by atoms with Crippen LogP contribution in [0.2, 0.25) is 0 Å². The molecule has 0 amide bonds. The number of methoxy groups -OCH3 is 1. The molecule has 0 saturated heterocycles. The SMILES string of the molecule is CCOc1cc([C@H](N)CS)ccc1OC. The summed E-state index contributed by atoms with van der Waals surface area (Å²) in [5.41, 5.74) is 6.89. The summed E-state index contributed by atoms with van der Waals surface area (Å²) in [5, 5.41) is 0. The fourth-order valence-corrected chi connectivity index (χ4v) is 1.51. The van der Waals surface area contributed by atoms with Crippen molar-refractivity contribution in [2.75, 3.05) is 19.5 Å². The summed E-state index contributed by atoms with van der Waals surface area (Å²) in [4.78, 5) is 0. The Morgan fingerprint density at radius 1 is 1.40 bits per heavy atom. The van der Waals surface area contributed by atoms with Crippen LogP contribution in [0.4, 0.5) is 0 Å². The van der Waals surface area contributed by atoms with Crippen molar-refractivity contribution in [2.45, 2.75) is 13.0 Å². The zero-order valence-corrected chi connectivity index (χ0v) is 9.96. The van der Waals surface area contributed by atoms with E-state index in [0.717, 1.165) is 17.1 Å². The maximum atomic E-state index is 5.88. The van der Waals surface area contributed by atoms with E-state index in [4.69, 9.17) is 15.2 Å². The Morgan fingerprint density at radius 2 is 2.13 bits per heavy atom. The Labute approximate surface area is 96.0 Å². The lowest BCUT2D eigenvalue weighted by Crippen LogP contribution is -2.11. The number of ether oxygens (including phenoxy) is 2. The molecule has 0 bridgehead atoms. The summed E-state index contributed by atoms with van der Waals surface area (Å²) in [6.07, 6.45) is 0. The summed E-state index contributed by atoms with van der Waals surface area (Å²) >= 11 is 4.17. The number of hydrogen-bond donors (Lipinski definition) is 2. The van der Waals surface area contributed by atoms with Crippen molar-refractivity contribution in [3.63, 3.8) is 0 Å². The number of nitrogens with two attached hydrogens (primary N) is 1. The van der Waals surface area contributed by atoms with Crippen molar-refractivity contribution in [1.29, 1.82) is 0 Å². The molecule has 0 aromatic heterocycles. The van der Waals surface area contributed by atoms with Crippen molar-refractivity contribution in [3.05, 3.63) is 23.8 Å². The molecule has 0 spiro atoms. The van der Waals surface area contributed by atoms with E-state index in [1.807, 2.05) is 25.1 Å². The minimum absolute atomic E-state index is 0.0709. The molecule has 1 aromatic carbocycles. The fraction of sp³-hybridized carbons (Fsp3) is 0.455. The Morgan fingerprint density at radius 3 is 2.67 bits per heavy atom. The highest BCUT2D eigenvalue weighted by Crippen LogP contribution is 2.29. The van der Waals surface area contributed by atoms with Gasteiger partial charge < -0.3 is 15.2 Å². The van der Waals surface area contributed by atoms with Gasteiger partial charge in [-0.15, -0.1) is 0 Å². The van der Waals surface area contributed by atoms with Gasteiger partial charge in [0.25, 0.3) is 0 Å². The van der Waals surface area contributed by atoms with Gasteiger partial charge in [-0.2, -0.15) is 12.6 Å². The van der Waals surface area contributed by atoms with Gasteiger partial charge in [0.15, 0.2) is 11.5 Å². The maximum absolute atomic E-state index is 5.88. The van der Waals surface area contributed by atoms with Crippen LogP contribution in [-0.2, 0) is 0 Å². The van der Waals surface area contributed by atoms with Crippen molar-refractivity contribution in [3.8, 4) is 11.5 Å². The summed E-state index contributed by atoms with van der Waals surface area (Å²) in [6.45, 7) is 2.54. The summed E-state index contributed by atoms with van der Waals surface area (Å²) in [6, 6.07) is 5.63. The third-order valence-electron chi connectivity index (χ3n) is 2.11. The molecule has 0 fully saturated rings. The summed E-state index contributed by atoms with van der Waals surface area (Å²) in [5.74, 6) is 2.07. The maximum Gasteiger partial charge on any atom is 0.161 e. The zero-order valence-electron chi connectivity index (χ0n) is 9.06. The fourth-order valence-electron chi connectivity index (χ4n) is 1.30. The number of benzene rings is 1. The Balaban J connectivity index is 2.98. The van der Waals surface area contributed by atoms with Crippen LogP contribution in [0.1, 0.15) is 18.5 Å². The highest BCUT2D eigenvalue weighted by atomic mass is 32.1. The van der Waals surface area contributed by atoms with Crippen LogP contribution in [-0.4, -0.2) is 19.5 Å². The van der Waals surface area contributed by atoms with Crippen LogP contribution in [0.3, 0.4) is 0 Å². The molecule has 0 unspecified atom stereocenters. The van der Waals surface area contributed by atoms with E-state index in [0.29, 0.717) is 12.4 Å². The van der Waals surface area contributed by atoms with E-state index in [1.54, 1.807) is 7.11 Å². The molecular weight excluding hydrogens is 210 g/mol. The molecule has 1 aromatic rings. The monoisotopic (exact) mass is 227 g/mol.